The Morgan fingerprint density at radius 1 is 1.05 bits per heavy atom. The molecule has 2 atom stereocenters. The van der Waals surface area contributed by atoms with Crippen molar-refractivity contribution in [2.24, 2.45) is 5.92 Å². The van der Waals surface area contributed by atoms with Gasteiger partial charge in [-0.2, -0.15) is 4.31 Å². The first kappa shape index (κ1) is 28.7. The maximum Gasteiger partial charge on any atom is 0.407 e. The first-order chi connectivity index (χ1) is 17.4. The minimum Gasteiger partial charge on any atom is -0.464 e. The number of amides is 1. The Kier molecular flexibility index (Phi) is 9.39. The normalized spacial score (nSPS) is 14.2. The Morgan fingerprint density at radius 2 is 1.76 bits per heavy atom. The number of ether oxygens (including phenoxy) is 2. The summed E-state index contributed by atoms with van der Waals surface area (Å²) in [5.41, 5.74) is 0.922. The zero-order chi connectivity index (χ0) is 27.2. The number of sulfonamides is 1. The third-order valence-corrected chi connectivity index (χ3v) is 7.59. The predicted molar refractivity (Wildman–Crippen MR) is 144 cm³/mol. The molecule has 1 N–H and O–H groups in total. The van der Waals surface area contributed by atoms with Gasteiger partial charge in [0.15, 0.2) is 0 Å². The van der Waals surface area contributed by atoms with Crippen LogP contribution < -0.4 is 5.32 Å². The zero-order valence-corrected chi connectivity index (χ0v) is 23.2. The number of alkyl carbamates (subject to hydrolysis) is 1. The molecule has 0 aliphatic rings. The van der Waals surface area contributed by atoms with Crippen molar-refractivity contribution in [3.8, 4) is 0 Å². The SMILES string of the molecule is CO[C@H](CN(CC(C)C)S(=O)(=O)c1ccc2occc2c1)[C@@H](Cc1ccccc1)NC(=O)OC(C)(C)C. The minimum atomic E-state index is -3.87. The van der Waals surface area contributed by atoms with Gasteiger partial charge in [-0.3, -0.25) is 0 Å². The molecule has 2 aromatic carbocycles. The second kappa shape index (κ2) is 12.1. The molecule has 0 saturated carbocycles. The van der Waals surface area contributed by atoms with Gasteiger partial charge in [-0.05, 0) is 62.9 Å². The monoisotopic (exact) mass is 530 g/mol. The molecule has 3 aromatic rings. The number of methoxy groups -OCH3 is 1. The Hall–Kier alpha value is -2.88. The molecule has 0 aliphatic heterocycles. The van der Waals surface area contributed by atoms with Gasteiger partial charge < -0.3 is 19.2 Å². The standard InChI is InChI=1S/C28H38N2O6S/c1-20(2)18-30(37(32,33)23-12-13-25-22(17-23)14-15-35-25)19-26(34-6)24(16-21-10-8-7-9-11-21)29-27(31)36-28(3,4)5/h7-15,17,20,24,26H,16,18-19H2,1-6H3,(H,29,31)/t24-,26-/m1/s1. The van der Waals surface area contributed by atoms with Gasteiger partial charge in [0.1, 0.15) is 11.2 Å². The fraction of sp³-hybridized carbons (Fsp3) is 0.464. The predicted octanol–water partition coefficient (Wildman–Crippen LogP) is 5.23. The van der Waals surface area contributed by atoms with E-state index in [0.717, 1.165) is 5.56 Å². The first-order valence-electron chi connectivity index (χ1n) is 12.4. The summed E-state index contributed by atoms with van der Waals surface area (Å²) < 4.78 is 45.7. The van der Waals surface area contributed by atoms with Crippen LogP contribution in [0.5, 0.6) is 0 Å². The summed E-state index contributed by atoms with van der Waals surface area (Å²) in [5, 5.41) is 3.63. The van der Waals surface area contributed by atoms with Gasteiger partial charge in [0.05, 0.1) is 23.3 Å². The maximum absolute atomic E-state index is 13.8. The van der Waals surface area contributed by atoms with E-state index in [1.165, 1.54) is 17.7 Å². The molecular formula is C28H38N2O6S. The number of carbonyl (C=O) groups is 1. The van der Waals surface area contributed by atoms with Gasteiger partial charge in [-0.1, -0.05) is 44.2 Å². The number of rotatable bonds is 11. The van der Waals surface area contributed by atoms with E-state index in [1.54, 1.807) is 45.0 Å². The lowest BCUT2D eigenvalue weighted by Crippen LogP contribution is -2.52. The van der Waals surface area contributed by atoms with Crippen molar-refractivity contribution < 1.29 is 27.1 Å². The van der Waals surface area contributed by atoms with E-state index in [0.29, 0.717) is 17.4 Å². The second-order valence-electron chi connectivity index (χ2n) is 10.6. The summed E-state index contributed by atoms with van der Waals surface area (Å²) >= 11 is 0. The number of hydrogen-bond acceptors (Lipinski definition) is 6. The molecule has 0 spiro atoms. The summed E-state index contributed by atoms with van der Waals surface area (Å²) in [7, 11) is -2.34. The van der Waals surface area contributed by atoms with Crippen LogP contribution in [0.15, 0.2) is 70.2 Å². The highest BCUT2D eigenvalue weighted by molar-refractivity contribution is 7.89. The van der Waals surface area contributed by atoms with Gasteiger partial charge in [-0.25, -0.2) is 13.2 Å². The fourth-order valence-corrected chi connectivity index (χ4v) is 5.75. The molecule has 0 aliphatic carbocycles. The van der Waals surface area contributed by atoms with E-state index in [-0.39, 0.29) is 23.9 Å². The van der Waals surface area contributed by atoms with Crippen molar-refractivity contribution in [3.63, 3.8) is 0 Å². The molecule has 0 saturated heterocycles. The molecular weight excluding hydrogens is 492 g/mol. The highest BCUT2D eigenvalue weighted by atomic mass is 32.2. The molecule has 37 heavy (non-hydrogen) atoms. The second-order valence-corrected chi connectivity index (χ2v) is 12.5. The molecule has 9 heteroatoms. The fourth-order valence-electron chi connectivity index (χ4n) is 4.10. The van der Waals surface area contributed by atoms with Crippen molar-refractivity contribution in [3.05, 3.63) is 66.4 Å². The van der Waals surface area contributed by atoms with Crippen molar-refractivity contribution >= 4 is 27.1 Å². The summed E-state index contributed by atoms with van der Waals surface area (Å²) in [4.78, 5) is 12.9. The van der Waals surface area contributed by atoms with Crippen LogP contribution in [0.3, 0.4) is 0 Å². The lowest BCUT2D eigenvalue weighted by atomic mass is 10.0. The molecule has 1 amide bonds. The van der Waals surface area contributed by atoms with Crippen LogP contribution in [0, 0.1) is 5.92 Å². The summed E-state index contributed by atoms with van der Waals surface area (Å²) in [6, 6.07) is 15.7. The van der Waals surface area contributed by atoms with Gasteiger partial charge in [0, 0.05) is 25.6 Å². The zero-order valence-electron chi connectivity index (χ0n) is 22.4. The number of furan rings is 1. The number of nitrogens with zero attached hydrogens (tertiary/aromatic N) is 1. The first-order valence-corrected chi connectivity index (χ1v) is 13.9. The lowest BCUT2D eigenvalue weighted by molar-refractivity contribution is 0.0278. The van der Waals surface area contributed by atoms with Crippen molar-refractivity contribution in [2.45, 2.75) is 63.7 Å². The van der Waals surface area contributed by atoms with Gasteiger partial charge in [0.2, 0.25) is 10.0 Å². The Labute approximate surface area is 220 Å². The lowest BCUT2D eigenvalue weighted by Gasteiger charge is -2.33. The van der Waals surface area contributed by atoms with E-state index < -0.39 is 33.9 Å². The Bertz CT molecular complexity index is 1260. The number of fused-ring (bicyclic) bond motifs is 1. The summed E-state index contributed by atoms with van der Waals surface area (Å²) in [6.45, 7) is 9.64. The smallest absolute Gasteiger partial charge is 0.407 e. The van der Waals surface area contributed by atoms with Crippen molar-refractivity contribution in [1.29, 1.82) is 0 Å². The number of benzene rings is 2. The molecule has 3 rings (SSSR count). The highest BCUT2D eigenvalue weighted by Crippen LogP contribution is 2.24. The van der Waals surface area contributed by atoms with Crippen LogP contribution >= 0.6 is 0 Å². The van der Waals surface area contributed by atoms with E-state index in [2.05, 4.69) is 5.32 Å². The highest BCUT2D eigenvalue weighted by Gasteiger charge is 2.33. The number of carbonyl (C=O) groups excluding carboxylic acids is 1. The molecule has 0 bridgehead atoms. The molecule has 202 valence electrons. The Balaban J connectivity index is 1.92. The average molecular weight is 531 g/mol. The van der Waals surface area contributed by atoms with Crippen LogP contribution in [0.2, 0.25) is 0 Å². The van der Waals surface area contributed by atoms with E-state index in [1.807, 2.05) is 44.2 Å². The third-order valence-electron chi connectivity index (χ3n) is 5.77. The third kappa shape index (κ3) is 8.05. The van der Waals surface area contributed by atoms with Crippen LogP contribution in [-0.2, 0) is 25.9 Å². The minimum absolute atomic E-state index is 0.0493. The van der Waals surface area contributed by atoms with Gasteiger partial charge in [0.25, 0.3) is 0 Å². The van der Waals surface area contributed by atoms with Crippen LogP contribution in [-0.4, -0.2) is 56.8 Å². The Morgan fingerprint density at radius 3 is 2.38 bits per heavy atom. The average Bonchev–Trinajstić information content (AvgIpc) is 3.28. The largest absolute Gasteiger partial charge is 0.464 e. The van der Waals surface area contributed by atoms with Gasteiger partial charge >= 0.3 is 6.09 Å². The molecule has 1 heterocycles. The quantitative estimate of drug-likeness (QED) is 0.365. The molecule has 8 nitrogen and oxygen atoms in total. The van der Waals surface area contributed by atoms with Crippen LogP contribution in [0.1, 0.15) is 40.2 Å². The number of hydrogen-bond donors (Lipinski definition) is 1. The maximum atomic E-state index is 13.8. The topological polar surface area (TPSA) is 98.1 Å². The molecule has 0 radical (unpaired) electrons. The molecule has 0 unspecified atom stereocenters. The van der Waals surface area contributed by atoms with Crippen LogP contribution in [0.25, 0.3) is 11.0 Å². The van der Waals surface area contributed by atoms with Gasteiger partial charge in [-0.15, -0.1) is 0 Å². The van der Waals surface area contributed by atoms with E-state index >= 15 is 0 Å². The number of nitrogens with one attached hydrogen (secondary N) is 1. The van der Waals surface area contributed by atoms with E-state index in [9.17, 15) is 13.2 Å². The molecule has 1 aromatic heterocycles. The van der Waals surface area contributed by atoms with Crippen LogP contribution in [0.4, 0.5) is 4.79 Å². The summed E-state index contributed by atoms with van der Waals surface area (Å²) in [6.07, 6.45) is 0.748. The van der Waals surface area contributed by atoms with E-state index in [4.69, 9.17) is 13.9 Å². The van der Waals surface area contributed by atoms with Crippen molar-refractivity contribution in [2.75, 3.05) is 20.2 Å². The molecule has 0 fully saturated rings. The summed E-state index contributed by atoms with van der Waals surface area (Å²) in [5.74, 6) is 0.0660. The van der Waals surface area contributed by atoms with Crippen molar-refractivity contribution in [1.82, 2.24) is 9.62 Å².